The van der Waals surface area contributed by atoms with Crippen molar-refractivity contribution in [3.05, 3.63) is 0 Å². The quantitative estimate of drug-likeness (QED) is 0.564. The molecule has 0 fully saturated rings. The number of halogens is 1. The van der Waals surface area contributed by atoms with E-state index in [-0.39, 0.29) is 0 Å². The number of ether oxygens (including phenoxy) is 1. The van der Waals surface area contributed by atoms with Crippen molar-refractivity contribution in [2.75, 3.05) is 6.61 Å². The SMILES string of the molecule is CCOC1N=CN=CC1F. The summed E-state index contributed by atoms with van der Waals surface area (Å²) in [6, 6.07) is 0. The van der Waals surface area contributed by atoms with Crippen LogP contribution in [0.25, 0.3) is 0 Å². The smallest absolute Gasteiger partial charge is 0.186 e. The Labute approximate surface area is 58.6 Å². The molecule has 10 heavy (non-hydrogen) atoms. The summed E-state index contributed by atoms with van der Waals surface area (Å²) in [5.74, 6) is 0. The monoisotopic (exact) mass is 144 g/mol. The van der Waals surface area contributed by atoms with Gasteiger partial charge in [0, 0.05) is 12.8 Å². The third-order valence-corrected chi connectivity index (χ3v) is 1.12. The first-order valence-electron chi connectivity index (χ1n) is 3.15. The van der Waals surface area contributed by atoms with Crippen LogP contribution < -0.4 is 0 Å². The lowest BCUT2D eigenvalue weighted by Gasteiger charge is -2.14. The maximum atomic E-state index is 12.6. The molecule has 0 aliphatic carbocycles. The molecular weight excluding hydrogens is 135 g/mol. The van der Waals surface area contributed by atoms with Gasteiger partial charge in [0.15, 0.2) is 12.4 Å². The Bertz CT molecular complexity index is 158. The summed E-state index contributed by atoms with van der Waals surface area (Å²) < 4.78 is 17.6. The van der Waals surface area contributed by atoms with Crippen LogP contribution in [0.1, 0.15) is 6.92 Å². The summed E-state index contributed by atoms with van der Waals surface area (Å²) in [6.45, 7) is 2.27. The summed E-state index contributed by atoms with van der Waals surface area (Å²) in [5, 5.41) is 0. The average Bonchev–Trinajstić information content (AvgIpc) is 1.94. The van der Waals surface area contributed by atoms with Crippen LogP contribution in [0.4, 0.5) is 4.39 Å². The fourth-order valence-corrected chi connectivity index (χ4v) is 0.686. The van der Waals surface area contributed by atoms with Gasteiger partial charge in [-0.15, -0.1) is 0 Å². The van der Waals surface area contributed by atoms with Crippen molar-refractivity contribution in [1.82, 2.24) is 0 Å². The number of alkyl halides is 1. The van der Waals surface area contributed by atoms with Crippen LogP contribution in [0.3, 0.4) is 0 Å². The summed E-state index contributed by atoms with van der Waals surface area (Å²) in [5.41, 5.74) is 0. The van der Waals surface area contributed by atoms with Crippen LogP contribution in [-0.4, -0.2) is 31.6 Å². The molecule has 0 saturated heterocycles. The van der Waals surface area contributed by atoms with Crippen molar-refractivity contribution < 1.29 is 9.13 Å². The van der Waals surface area contributed by atoms with Crippen molar-refractivity contribution in [2.24, 2.45) is 9.98 Å². The molecule has 0 aromatic rings. The number of hydrogen-bond donors (Lipinski definition) is 0. The lowest BCUT2D eigenvalue weighted by atomic mass is 10.3. The molecule has 3 nitrogen and oxygen atoms in total. The molecule has 1 rings (SSSR count). The number of rotatable bonds is 2. The van der Waals surface area contributed by atoms with Crippen LogP contribution in [0.15, 0.2) is 9.98 Å². The van der Waals surface area contributed by atoms with Crippen molar-refractivity contribution in [3.8, 4) is 0 Å². The molecule has 1 aliphatic rings. The van der Waals surface area contributed by atoms with E-state index in [9.17, 15) is 4.39 Å². The first kappa shape index (κ1) is 7.34. The molecule has 1 heterocycles. The Morgan fingerprint density at radius 2 is 2.50 bits per heavy atom. The molecule has 0 aromatic carbocycles. The van der Waals surface area contributed by atoms with E-state index in [1.165, 1.54) is 12.6 Å². The van der Waals surface area contributed by atoms with Crippen molar-refractivity contribution in [2.45, 2.75) is 19.3 Å². The first-order valence-corrected chi connectivity index (χ1v) is 3.15. The minimum atomic E-state index is -1.19. The molecule has 0 saturated carbocycles. The molecule has 56 valence electrons. The molecule has 0 aromatic heterocycles. The molecule has 1 aliphatic heterocycles. The minimum absolute atomic E-state index is 0.469. The minimum Gasteiger partial charge on any atom is -0.353 e. The second-order valence-electron chi connectivity index (χ2n) is 1.85. The van der Waals surface area contributed by atoms with Gasteiger partial charge in [0.1, 0.15) is 6.34 Å². The van der Waals surface area contributed by atoms with Gasteiger partial charge >= 0.3 is 0 Å². The maximum Gasteiger partial charge on any atom is 0.186 e. The number of aliphatic imine (C=N–C) groups is 2. The van der Waals surface area contributed by atoms with E-state index in [0.29, 0.717) is 6.61 Å². The molecule has 0 spiro atoms. The molecule has 2 unspecified atom stereocenters. The van der Waals surface area contributed by atoms with Gasteiger partial charge in [0.2, 0.25) is 0 Å². The van der Waals surface area contributed by atoms with E-state index in [2.05, 4.69) is 9.98 Å². The fraction of sp³-hybridized carbons (Fsp3) is 0.667. The van der Waals surface area contributed by atoms with Gasteiger partial charge in [-0.3, -0.25) is 0 Å². The Balaban J connectivity index is 2.44. The van der Waals surface area contributed by atoms with Crippen molar-refractivity contribution >= 4 is 12.6 Å². The van der Waals surface area contributed by atoms with E-state index in [4.69, 9.17) is 4.74 Å². The molecule has 0 radical (unpaired) electrons. The van der Waals surface area contributed by atoms with Crippen molar-refractivity contribution in [1.29, 1.82) is 0 Å². The fourth-order valence-electron chi connectivity index (χ4n) is 0.686. The van der Waals surface area contributed by atoms with Crippen LogP contribution in [-0.2, 0) is 4.74 Å². The molecule has 2 atom stereocenters. The van der Waals surface area contributed by atoms with Crippen molar-refractivity contribution in [3.63, 3.8) is 0 Å². The summed E-state index contributed by atoms with van der Waals surface area (Å²) in [6.07, 6.45) is 0.622. The highest BCUT2D eigenvalue weighted by Crippen LogP contribution is 2.05. The highest BCUT2D eigenvalue weighted by Gasteiger charge is 2.19. The Hall–Kier alpha value is -0.770. The molecule has 0 N–H and O–H groups in total. The highest BCUT2D eigenvalue weighted by atomic mass is 19.1. The Morgan fingerprint density at radius 3 is 3.10 bits per heavy atom. The number of hydrogen-bond acceptors (Lipinski definition) is 3. The van der Waals surface area contributed by atoms with Crippen LogP contribution >= 0.6 is 0 Å². The zero-order valence-corrected chi connectivity index (χ0v) is 5.70. The lowest BCUT2D eigenvalue weighted by molar-refractivity contribution is 0.0338. The van der Waals surface area contributed by atoms with E-state index < -0.39 is 12.4 Å². The predicted octanol–water partition coefficient (Wildman–Crippen LogP) is 0.800. The Kier molecular flexibility index (Phi) is 2.50. The summed E-state index contributed by atoms with van der Waals surface area (Å²) >= 11 is 0. The predicted molar refractivity (Wildman–Crippen MR) is 37.3 cm³/mol. The lowest BCUT2D eigenvalue weighted by Crippen LogP contribution is -2.27. The second kappa shape index (κ2) is 3.41. The zero-order valence-electron chi connectivity index (χ0n) is 5.70. The summed E-state index contributed by atoms with van der Waals surface area (Å²) in [4.78, 5) is 7.20. The third kappa shape index (κ3) is 1.60. The van der Waals surface area contributed by atoms with E-state index in [0.717, 1.165) is 0 Å². The molecular formula is C6H9FN2O. The van der Waals surface area contributed by atoms with Gasteiger partial charge in [-0.1, -0.05) is 0 Å². The topological polar surface area (TPSA) is 34.0 Å². The maximum absolute atomic E-state index is 12.6. The van der Waals surface area contributed by atoms with E-state index in [1.54, 1.807) is 6.92 Å². The van der Waals surface area contributed by atoms with Gasteiger partial charge in [-0.25, -0.2) is 14.4 Å². The zero-order chi connectivity index (χ0) is 7.40. The third-order valence-electron chi connectivity index (χ3n) is 1.12. The van der Waals surface area contributed by atoms with Crippen LogP contribution in [0.2, 0.25) is 0 Å². The first-order chi connectivity index (χ1) is 4.84. The van der Waals surface area contributed by atoms with Gasteiger partial charge in [-0.05, 0) is 6.92 Å². The van der Waals surface area contributed by atoms with E-state index in [1.807, 2.05) is 0 Å². The molecule has 0 amide bonds. The second-order valence-corrected chi connectivity index (χ2v) is 1.85. The van der Waals surface area contributed by atoms with Gasteiger partial charge in [-0.2, -0.15) is 0 Å². The molecule has 0 bridgehead atoms. The van der Waals surface area contributed by atoms with Gasteiger partial charge in [0.25, 0.3) is 0 Å². The largest absolute Gasteiger partial charge is 0.353 e. The van der Waals surface area contributed by atoms with Gasteiger partial charge in [0.05, 0.1) is 0 Å². The Morgan fingerprint density at radius 1 is 1.70 bits per heavy atom. The summed E-state index contributed by atoms with van der Waals surface area (Å²) in [7, 11) is 0. The standard InChI is InChI=1S/C6H9FN2O/c1-2-10-6-5(7)3-8-4-9-6/h3-6H,2H2,1H3. The van der Waals surface area contributed by atoms with Crippen LogP contribution in [0.5, 0.6) is 0 Å². The van der Waals surface area contributed by atoms with Gasteiger partial charge < -0.3 is 4.74 Å². The highest BCUT2D eigenvalue weighted by molar-refractivity contribution is 5.78. The average molecular weight is 144 g/mol. The van der Waals surface area contributed by atoms with Crippen LogP contribution in [0, 0.1) is 0 Å². The normalized spacial score (nSPS) is 31.0. The number of nitrogens with zero attached hydrogens (tertiary/aromatic N) is 2. The van der Waals surface area contributed by atoms with E-state index >= 15 is 0 Å². The molecule has 4 heteroatoms.